The van der Waals surface area contributed by atoms with E-state index >= 15 is 0 Å². The molecule has 1 saturated heterocycles. The molecule has 0 amide bonds. The van der Waals surface area contributed by atoms with Crippen LogP contribution in [-0.2, 0) is 18.3 Å². The minimum absolute atomic E-state index is 0.540. The Hall–Kier alpha value is -1.89. The first-order valence-electron chi connectivity index (χ1n) is 7.95. The first-order chi connectivity index (χ1) is 10.7. The number of rotatable bonds is 5. The molecule has 1 unspecified atom stereocenters. The Morgan fingerprint density at radius 1 is 1.32 bits per heavy atom. The second-order valence-corrected chi connectivity index (χ2v) is 6.41. The molecule has 22 heavy (non-hydrogen) atoms. The van der Waals surface area contributed by atoms with Gasteiger partial charge in [0.15, 0.2) is 5.82 Å². The zero-order valence-electron chi connectivity index (χ0n) is 13.1. The van der Waals surface area contributed by atoms with Gasteiger partial charge in [0.05, 0.1) is 18.4 Å². The van der Waals surface area contributed by atoms with Gasteiger partial charge >= 0.3 is 0 Å². The van der Waals surface area contributed by atoms with Crippen LogP contribution in [-0.4, -0.2) is 50.8 Å². The first-order valence-corrected chi connectivity index (χ1v) is 7.95. The molecule has 1 saturated carbocycles. The lowest BCUT2D eigenvalue weighted by atomic mass is 10.1. The molecule has 7 nitrogen and oxygen atoms in total. The molecule has 0 bridgehead atoms. The van der Waals surface area contributed by atoms with Crippen LogP contribution in [0.3, 0.4) is 0 Å². The van der Waals surface area contributed by atoms with Crippen molar-refractivity contribution in [2.24, 2.45) is 13.0 Å². The highest BCUT2D eigenvalue weighted by Gasteiger charge is 2.31. The minimum atomic E-state index is 0.540. The molecule has 0 aromatic carbocycles. The van der Waals surface area contributed by atoms with Gasteiger partial charge in [0.25, 0.3) is 0 Å². The third-order valence-corrected chi connectivity index (χ3v) is 4.57. The lowest BCUT2D eigenvalue weighted by Crippen LogP contribution is -2.25. The normalized spacial score (nSPS) is 21.5. The van der Waals surface area contributed by atoms with Crippen molar-refractivity contribution in [2.75, 3.05) is 25.2 Å². The summed E-state index contributed by atoms with van der Waals surface area (Å²) in [4.78, 5) is 2.27. The van der Waals surface area contributed by atoms with Gasteiger partial charge < -0.3 is 9.64 Å². The zero-order chi connectivity index (χ0) is 15.1. The monoisotopic (exact) mass is 302 g/mol. The smallest absolute Gasteiger partial charge is 0.227 e. The van der Waals surface area contributed by atoms with E-state index in [0.29, 0.717) is 12.0 Å². The molecule has 2 aromatic rings. The molecule has 3 heterocycles. The average molecular weight is 302 g/mol. The van der Waals surface area contributed by atoms with Crippen LogP contribution in [0.4, 0.5) is 5.95 Å². The van der Waals surface area contributed by atoms with Gasteiger partial charge in [-0.1, -0.05) is 0 Å². The largest absolute Gasteiger partial charge is 0.381 e. The second-order valence-electron chi connectivity index (χ2n) is 6.41. The molecular weight excluding hydrogens is 280 g/mol. The van der Waals surface area contributed by atoms with E-state index in [-0.39, 0.29) is 0 Å². The van der Waals surface area contributed by atoms with E-state index in [4.69, 9.17) is 4.74 Å². The molecule has 7 heteroatoms. The van der Waals surface area contributed by atoms with E-state index in [1.165, 1.54) is 12.8 Å². The highest BCUT2D eigenvalue weighted by atomic mass is 16.5. The molecule has 2 aromatic heterocycles. The summed E-state index contributed by atoms with van der Waals surface area (Å²) in [5.41, 5.74) is 1.02. The van der Waals surface area contributed by atoms with Crippen LogP contribution in [0.25, 0.3) is 11.4 Å². The Morgan fingerprint density at radius 2 is 2.18 bits per heavy atom. The van der Waals surface area contributed by atoms with Crippen LogP contribution in [0.2, 0.25) is 0 Å². The number of nitrogens with zero attached hydrogens (tertiary/aromatic N) is 6. The van der Waals surface area contributed by atoms with Gasteiger partial charge in [0.2, 0.25) is 5.95 Å². The predicted molar refractivity (Wildman–Crippen MR) is 82.6 cm³/mol. The second kappa shape index (κ2) is 5.39. The summed E-state index contributed by atoms with van der Waals surface area (Å²) in [7, 11) is 4.04. The maximum Gasteiger partial charge on any atom is 0.227 e. The number of hydrogen-bond donors (Lipinski definition) is 0. The fraction of sp³-hybridized carbons (Fsp3) is 0.667. The van der Waals surface area contributed by atoms with E-state index < -0.39 is 0 Å². The zero-order valence-corrected chi connectivity index (χ0v) is 13.1. The van der Waals surface area contributed by atoms with Crippen LogP contribution in [0.15, 0.2) is 12.4 Å². The Kier molecular flexibility index (Phi) is 3.37. The van der Waals surface area contributed by atoms with E-state index in [1.807, 2.05) is 19.4 Å². The number of ether oxygens (including phenoxy) is 1. The number of aromatic nitrogens is 5. The van der Waals surface area contributed by atoms with E-state index in [2.05, 4.69) is 31.8 Å². The molecule has 1 atom stereocenters. The maximum atomic E-state index is 5.53. The van der Waals surface area contributed by atoms with Crippen molar-refractivity contribution in [2.45, 2.75) is 31.8 Å². The molecule has 118 valence electrons. The van der Waals surface area contributed by atoms with Crippen molar-refractivity contribution in [1.82, 2.24) is 24.5 Å². The van der Waals surface area contributed by atoms with Crippen molar-refractivity contribution in [3.8, 4) is 11.4 Å². The number of aryl methyl sites for hydroxylation is 1. The van der Waals surface area contributed by atoms with Gasteiger partial charge in [-0.2, -0.15) is 5.10 Å². The van der Waals surface area contributed by atoms with E-state index in [1.54, 1.807) is 4.68 Å². The molecule has 0 radical (unpaired) electrons. The van der Waals surface area contributed by atoms with E-state index in [9.17, 15) is 0 Å². The van der Waals surface area contributed by atoms with Gasteiger partial charge in [0.1, 0.15) is 0 Å². The van der Waals surface area contributed by atoms with Crippen LogP contribution in [0.5, 0.6) is 0 Å². The molecule has 2 aliphatic rings. The average Bonchev–Trinajstić information content (AvgIpc) is 2.88. The third kappa shape index (κ3) is 2.49. The summed E-state index contributed by atoms with van der Waals surface area (Å²) in [6.07, 6.45) is 7.45. The third-order valence-electron chi connectivity index (χ3n) is 4.57. The molecule has 0 N–H and O–H groups in total. The topological polar surface area (TPSA) is 61.0 Å². The van der Waals surface area contributed by atoms with Crippen molar-refractivity contribution in [3.05, 3.63) is 12.4 Å². The van der Waals surface area contributed by atoms with Crippen LogP contribution in [0, 0.1) is 5.92 Å². The molecular formula is C15H22N6O. The quantitative estimate of drug-likeness (QED) is 0.833. The Labute approximate surface area is 129 Å². The van der Waals surface area contributed by atoms with Crippen molar-refractivity contribution in [3.63, 3.8) is 0 Å². The highest BCUT2D eigenvalue weighted by molar-refractivity contribution is 5.56. The van der Waals surface area contributed by atoms with Crippen molar-refractivity contribution in [1.29, 1.82) is 0 Å². The SMILES string of the molecule is CN(c1nnc(-c2cnn(C)c2)n1CC1CCOC1)C1CC1. The molecule has 0 spiro atoms. The molecule has 1 aliphatic heterocycles. The van der Waals surface area contributed by atoms with Gasteiger partial charge in [-0.25, -0.2) is 0 Å². The summed E-state index contributed by atoms with van der Waals surface area (Å²) in [6, 6.07) is 0.615. The number of hydrogen-bond acceptors (Lipinski definition) is 5. The van der Waals surface area contributed by atoms with Crippen molar-refractivity contribution >= 4 is 5.95 Å². The summed E-state index contributed by atoms with van der Waals surface area (Å²) >= 11 is 0. The van der Waals surface area contributed by atoms with Gasteiger partial charge in [0, 0.05) is 45.4 Å². The molecule has 1 aliphatic carbocycles. The lowest BCUT2D eigenvalue weighted by Gasteiger charge is -2.20. The maximum absolute atomic E-state index is 5.53. The van der Waals surface area contributed by atoms with Crippen molar-refractivity contribution < 1.29 is 4.74 Å². The Bertz CT molecular complexity index is 653. The summed E-state index contributed by atoms with van der Waals surface area (Å²) < 4.78 is 9.58. The summed E-state index contributed by atoms with van der Waals surface area (Å²) in [5.74, 6) is 2.41. The summed E-state index contributed by atoms with van der Waals surface area (Å²) in [6.45, 7) is 2.60. The van der Waals surface area contributed by atoms with Gasteiger partial charge in [-0.15, -0.1) is 10.2 Å². The Morgan fingerprint density at radius 3 is 2.82 bits per heavy atom. The van der Waals surface area contributed by atoms with Crippen LogP contribution in [0.1, 0.15) is 19.3 Å². The highest BCUT2D eigenvalue weighted by Crippen LogP contribution is 2.32. The van der Waals surface area contributed by atoms with Crippen LogP contribution >= 0.6 is 0 Å². The number of anilines is 1. The lowest BCUT2D eigenvalue weighted by molar-refractivity contribution is 0.182. The minimum Gasteiger partial charge on any atom is -0.381 e. The predicted octanol–water partition coefficient (Wildman–Crippen LogP) is 1.31. The van der Waals surface area contributed by atoms with Gasteiger partial charge in [-0.05, 0) is 19.3 Å². The first kappa shape index (κ1) is 13.8. The summed E-state index contributed by atoms with van der Waals surface area (Å²) in [5, 5.41) is 13.2. The molecule has 4 rings (SSSR count). The Balaban J connectivity index is 1.70. The fourth-order valence-corrected chi connectivity index (χ4v) is 3.08. The fourth-order valence-electron chi connectivity index (χ4n) is 3.08. The van der Waals surface area contributed by atoms with Crippen LogP contribution < -0.4 is 4.90 Å². The standard InChI is InChI=1S/C15H22N6O/c1-19-9-12(7-16-19)14-17-18-15(20(2)13-3-4-13)21(14)8-11-5-6-22-10-11/h7,9,11,13H,3-6,8,10H2,1-2H3. The van der Waals surface area contributed by atoms with E-state index in [0.717, 1.165) is 43.5 Å². The molecule has 2 fully saturated rings. The van der Waals surface area contributed by atoms with Gasteiger partial charge in [-0.3, -0.25) is 9.25 Å².